The Morgan fingerprint density at radius 2 is 1.69 bits per heavy atom. The molecule has 0 radical (unpaired) electrons. The van der Waals surface area contributed by atoms with Gasteiger partial charge >= 0.3 is 0 Å². The fourth-order valence-corrected chi connectivity index (χ4v) is 1.46. The molecule has 1 rings (SSSR count). The van der Waals surface area contributed by atoms with Crippen LogP contribution in [0, 0.1) is 23.4 Å². The number of hydrogen-bond donors (Lipinski definition) is 1. The monoisotopic (exact) mass is 253 g/mol. The zero-order valence-electron chi connectivity index (χ0n) is 9.14. The molecule has 1 aromatic carbocycles. The van der Waals surface area contributed by atoms with Gasteiger partial charge in [0.05, 0.1) is 0 Å². The van der Waals surface area contributed by atoms with Gasteiger partial charge in [-0.05, 0) is 18.4 Å². The van der Waals surface area contributed by atoms with Crippen molar-refractivity contribution in [2.75, 3.05) is 0 Å². The predicted octanol–water partition coefficient (Wildman–Crippen LogP) is 3.57. The number of nitrogens with two attached hydrogens (primary N) is 1. The van der Waals surface area contributed by atoms with Crippen molar-refractivity contribution >= 4 is 12.4 Å². The van der Waals surface area contributed by atoms with Crippen LogP contribution in [0.25, 0.3) is 0 Å². The largest absolute Gasteiger partial charge is 0.324 e. The summed E-state index contributed by atoms with van der Waals surface area (Å²) >= 11 is 0. The van der Waals surface area contributed by atoms with Crippen LogP contribution in [-0.4, -0.2) is 0 Å². The van der Waals surface area contributed by atoms with E-state index in [4.69, 9.17) is 5.73 Å². The molecule has 0 aliphatic heterocycles. The SMILES string of the molecule is CC(C)C[C@H](N)c1ccc(F)c(F)c1F.Cl. The molecule has 0 saturated heterocycles. The number of rotatable bonds is 3. The van der Waals surface area contributed by atoms with Crippen molar-refractivity contribution in [3.8, 4) is 0 Å². The first-order valence-electron chi connectivity index (χ1n) is 4.82. The summed E-state index contributed by atoms with van der Waals surface area (Å²) in [6.07, 6.45) is 0.530. The van der Waals surface area contributed by atoms with Crippen molar-refractivity contribution in [2.45, 2.75) is 26.3 Å². The van der Waals surface area contributed by atoms with Gasteiger partial charge in [0.1, 0.15) is 0 Å². The predicted molar refractivity (Wildman–Crippen MR) is 59.9 cm³/mol. The maximum atomic E-state index is 13.3. The van der Waals surface area contributed by atoms with Crippen molar-refractivity contribution in [2.24, 2.45) is 11.7 Å². The highest BCUT2D eigenvalue weighted by Crippen LogP contribution is 2.24. The molecule has 16 heavy (non-hydrogen) atoms. The van der Waals surface area contributed by atoms with Crippen LogP contribution in [0.5, 0.6) is 0 Å². The molecule has 0 heterocycles. The van der Waals surface area contributed by atoms with Crippen LogP contribution in [0.15, 0.2) is 12.1 Å². The normalized spacial score (nSPS) is 12.4. The van der Waals surface area contributed by atoms with E-state index in [-0.39, 0.29) is 23.9 Å². The minimum absolute atomic E-state index is 0. The van der Waals surface area contributed by atoms with E-state index in [1.54, 1.807) is 0 Å². The second-order valence-electron chi connectivity index (χ2n) is 4.00. The first-order chi connectivity index (χ1) is 6.93. The highest BCUT2D eigenvalue weighted by Gasteiger charge is 2.18. The van der Waals surface area contributed by atoms with Crippen LogP contribution >= 0.6 is 12.4 Å². The van der Waals surface area contributed by atoms with Gasteiger partial charge < -0.3 is 5.73 Å². The maximum Gasteiger partial charge on any atom is 0.194 e. The van der Waals surface area contributed by atoms with Crippen molar-refractivity contribution in [1.82, 2.24) is 0 Å². The maximum absolute atomic E-state index is 13.3. The number of hydrogen-bond acceptors (Lipinski definition) is 1. The van der Waals surface area contributed by atoms with E-state index in [2.05, 4.69) is 0 Å². The van der Waals surface area contributed by atoms with Crippen molar-refractivity contribution in [3.05, 3.63) is 35.1 Å². The highest BCUT2D eigenvalue weighted by molar-refractivity contribution is 5.85. The number of halogens is 4. The lowest BCUT2D eigenvalue weighted by molar-refractivity contribution is 0.424. The molecule has 0 aliphatic carbocycles. The second kappa shape index (κ2) is 6.11. The molecule has 1 atom stereocenters. The third-order valence-electron chi connectivity index (χ3n) is 2.19. The Kier molecular flexibility index (Phi) is 5.83. The highest BCUT2D eigenvalue weighted by atomic mass is 35.5. The molecule has 0 spiro atoms. The van der Waals surface area contributed by atoms with E-state index in [9.17, 15) is 13.2 Å². The van der Waals surface area contributed by atoms with Crippen LogP contribution in [0.1, 0.15) is 31.9 Å². The van der Waals surface area contributed by atoms with E-state index in [1.165, 1.54) is 6.07 Å². The molecule has 1 nitrogen and oxygen atoms in total. The molecule has 0 bridgehead atoms. The molecule has 5 heteroatoms. The van der Waals surface area contributed by atoms with Gasteiger partial charge in [-0.2, -0.15) is 0 Å². The van der Waals surface area contributed by atoms with Gasteiger partial charge in [0.2, 0.25) is 0 Å². The third kappa shape index (κ3) is 3.39. The Morgan fingerprint density at radius 3 is 2.19 bits per heavy atom. The van der Waals surface area contributed by atoms with Crippen LogP contribution < -0.4 is 5.73 Å². The summed E-state index contributed by atoms with van der Waals surface area (Å²) in [6, 6.07) is 1.49. The minimum Gasteiger partial charge on any atom is -0.324 e. The van der Waals surface area contributed by atoms with Gasteiger partial charge in [0.15, 0.2) is 17.5 Å². The Bertz CT molecular complexity index is 355. The van der Waals surface area contributed by atoms with Crippen LogP contribution in [0.4, 0.5) is 13.2 Å². The zero-order valence-corrected chi connectivity index (χ0v) is 9.95. The van der Waals surface area contributed by atoms with Crippen molar-refractivity contribution < 1.29 is 13.2 Å². The van der Waals surface area contributed by atoms with Gasteiger partial charge in [-0.15, -0.1) is 12.4 Å². The smallest absolute Gasteiger partial charge is 0.194 e. The average Bonchev–Trinajstić information content (AvgIpc) is 2.13. The van der Waals surface area contributed by atoms with Gasteiger partial charge in [-0.25, -0.2) is 13.2 Å². The van der Waals surface area contributed by atoms with Gasteiger partial charge in [-0.3, -0.25) is 0 Å². The first-order valence-corrected chi connectivity index (χ1v) is 4.82. The summed E-state index contributed by atoms with van der Waals surface area (Å²) < 4.78 is 38.8. The molecule has 0 aliphatic rings. The molecule has 0 fully saturated rings. The minimum atomic E-state index is -1.45. The standard InChI is InChI=1S/C11H14F3N.ClH/c1-6(2)5-9(15)7-3-4-8(12)11(14)10(7)13;/h3-4,6,9H,5,15H2,1-2H3;1H/t9-;/m0./s1. The Hall–Kier alpha value is -0.740. The van der Waals surface area contributed by atoms with Gasteiger partial charge in [0.25, 0.3) is 0 Å². The first kappa shape index (κ1) is 15.3. The Labute approximate surface area is 99.2 Å². The third-order valence-corrected chi connectivity index (χ3v) is 2.19. The summed E-state index contributed by atoms with van der Waals surface area (Å²) in [7, 11) is 0. The van der Waals surface area contributed by atoms with E-state index >= 15 is 0 Å². The van der Waals surface area contributed by atoms with E-state index in [0.29, 0.717) is 6.42 Å². The molecular formula is C11H15ClF3N. The van der Waals surface area contributed by atoms with Crippen molar-refractivity contribution in [3.63, 3.8) is 0 Å². The van der Waals surface area contributed by atoms with Gasteiger partial charge in [0, 0.05) is 11.6 Å². The number of benzene rings is 1. The fraction of sp³-hybridized carbons (Fsp3) is 0.455. The molecule has 0 amide bonds. The summed E-state index contributed by atoms with van der Waals surface area (Å²) in [4.78, 5) is 0. The van der Waals surface area contributed by atoms with E-state index in [0.717, 1.165) is 6.07 Å². The van der Waals surface area contributed by atoms with Crippen LogP contribution in [0.2, 0.25) is 0 Å². The zero-order chi connectivity index (χ0) is 11.6. The molecular weight excluding hydrogens is 239 g/mol. The van der Waals surface area contributed by atoms with Gasteiger partial charge in [-0.1, -0.05) is 19.9 Å². The lowest BCUT2D eigenvalue weighted by Crippen LogP contribution is -2.15. The topological polar surface area (TPSA) is 26.0 Å². The van der Waals surface area contributed by atoms with Crippen LogP contribution in [-0.2, 0) is 0 Å². The molecule has 1 aromatic rings. The molecule has 0 unspecified atom stereocenters. The lowest BCUT2D eigenvalue weighted by Gasteiger charge is -2.15. The Morgan fingerprint density at radius 1 is 1.12 bits per heavy atom. The fourth-order valence-electron chi connectivity index (χ4n) is 1.46. The molecule has 0 aromatic heterocycles. The Balaban J connectivity index is 0.00000225. The lowest BCUT2D eigenvalue weighted by atomic mass is 9.97. The summed E-state index contributed by atoms with van der Waals surface area (Å²) in [5, 5.41) is 0. The molecule has 0 saturated carbocycles. The summed E-state index contributed by atoms with van der Waals surface area (Å²) in [5.74, 6) is -3.55. The summed E-state index contributed by atoms with van der Waals surface area (Å²) in [6.45, 7) is 3.86. The second-order valence-corrected chi connectivity index (χ2v) is 4.00. The van der Waals surface area contributed by atoms with E-state index in [1.807, 2.05) is 13.8 Å². The quantitative estimate of drug-likeness (QED) is 0.819. The van der Waals surface area contributed by atoms with Crippen LogP contribution in [0.3, 0.4) is 0 Å². The summed E-state index contributed by atoms with van der Waals surface area (Å²) in [5.41, 5.74) is 5.72. The molecule has 2 N–H and O–H groups in total. The molecule has 92 valence electrons. The van der Waals surface area contributed by atoms with E-state index < -0.39 is 23.5 Å². The van der Waals surface area contributed by atoms with Crippen molar-refractivity contribution in [1.29, 1.82) is 0 Å². The average molecular weight is 254 g/mol.